The van der Waals surface area contributed by atoms with Crippen LogP contribution in [-0.4, -0.2) is 20.1 Å². The topological polar surface area (TPSA) is 42.7 Å². The molecule has 5 heteroatoms. The predicted octanol–water partition coefficient (Wildman–Crippen LogP) is 3.12. The van der Waals surface area contributed by atoms with Crippen molar-refractivity contribution in [2.24, 2.45) is 0 Å². The van der Waals surface area contributed by atoms with E-state index in [-0.39, 0.29) is 5.54 Å². The van der Waals surface area contributed by atoms with Crippen molar-refractivity contribution in [2.45, 2.75) is 39.8 Å². The predicted molar refractivity (Wildman–Crippen MR) is 77.7 cm³/mol. The van der Waals surface area contributed by atoms with Gasteiger partial charge in [0, 0.05) is 24.5 Å². The molecule has 4 nitrogen and oxygen atoms in total. The Bertz CT molecular complexity index is 569. The third-order valence-corrected chi connectivity index (χ3v) is 3.11. The van der Waals surface area contributed by atoms with E-state index in [1.165, 1.54) is 0 Å². The first-order valence-electron chi connectivity index (χ1n) is 6.27. The van der Waals surface area contributed by atoms with Gasteiger partial charge in [0.05, 0.1) is 10.7 Å². The van der Waals surface area contributed by atoms with E-state index in [9.17, 15) is 0 Å². The van der Waals surface area contributed by atoms with Crippen molar-refractivity contribution >= 4 is 11.6 Å². The van der Waals surface area contributed by atoms with Crippen molar-refractivity contribution in [2.75, 3.05) is 0 Å². The molecule has 102 valence electrons. The van der Waals surface area contributed by atoms with Crippen LogP contribution in [0, 0.1) is 6.92 Å². The van der Waals surface area contributed by atoms with Crippen LogP contribution in [0.25, 0.3) is 5.82 Å². The molecule has 2 heterocycles. The van der Waals surface area contributed by atoms with Crippen molar-refractivity contribution in [3.8, 4) is 5.82 Å². The summed E-state index contributed by atoms with van der Waals surface area (Å²) < 4.78 is 1.94. The summed E-state index contributed by atoms with van der Waals surface area (Å²) >= 11 is 6.20. The van der Waals surface area contributed by atoms with Crippen LogP contribution in [0.4, 0.5) is 0 Å². The molecule has 19 heavy (non-hydrogen) atoms. The Morgan fingerprint density at radius 2 is 2.05 bits per heavy atom. The third kappa shape index (κ3) is 3.55. The molecule has 0 atom stereocenters. The van der Waals surface area contributed by atoms with Gasteiger partial charge in [-0.15, -0.1) is 0 Å². The fraction of sp³-hybridized carbons (Fsp3) is 0.429. The van der Waals surface area contributed by atoms with Crippen molar-refractivity contribution in [1.82, 2.24) is 19.9 Å². The standard InChI is InChI=1S/C14H19ClN4/c1-10-16-7-8-19(10)13-6-5-11(15)12(18-13)9-17-14(2,3)4/h5-8,17H,9H2,1-4H3. The first-order chi connectivity index (χ1) is 8.87. The molecule has 0 fully saturated rings. The van der Waals surface area contributed by atoms with E-state index in [1.54, 1.807) is 6.20 Å². The summed E-state index contributed by atoms with van der Waals surface area (Å²) in [6.45, 7) is 8.94. The van der Waals surface area contributed by atoms with Gasteiger partial charge in [0.1, 0.15) is 11.6 Å². The van der Waals surface area contributed by atoms with E-state index in [0.717, 1.165) is 17.3 Å². The molecule has 0 unspecified atom stereocenters. The first-order valence-corrected chi connectivity index (χ1v) is 6.65. The highest BCUT2D eigenvalue weighted by molar-refractivity contribution is 6.31. The number of nitrogens with zero attached hydrogens (tertiary/aromatic N) is 3. The van der Waals surface area contributed by atoms with Crippen molar-refractivity contribution in [3.05, 3.63) is 41.1 Å². The summed E-state index contributed by atoms with van der Waals surface area (Å²) in [7, 11) is 0. The molecule has 0 radical (unpaired) electrons. The second-order valence-corrected chi connectivity index (χ2v) is 5.95. The maximum Gasteiger partial charge on any atom is 0.138 e. The highest BCUT2D eigenvalue weighted by atomic mass is 35.5. The molecule has 0 saturated carbocycles. The van der Waals surface area contributed by atoms with Gasteiger partial charge in [-0.05, 0) is 39.8 Å². The van der Waals surface area contributed by atoms with Gasteiger partial charge in [-0.3, -0.25) is 4.57 Å². The molecule has 2 rings (SSSR count). The van der Waals surface area contributed by atoms with Gasteiger partial charge in [-0.1, -0.05) is 11.6 Å². The van der Waals surface area contributed by atoms with Crippen molar-refractivity contribution in [1.29, 1.82) is 0 Å². The largest absolute Gasteiger partial charge is 0.306 e. The highest BCUT2D eigenvalue weighted by Gasteiger charge is 2.12. The van der Waals surface area contributed by atoms with Crippen LogP contribution in [0.15, 0.2) is 24.5 Å². The van der Waals surface area contributed by atoms with Crippen molar-refractivity contribution in [3.63, 3.8) is 0 Å². The van der Waals surface area contributed by atoms with Gasteiger partial charge < -0.3 is 5.32 Å². The maximum atomic E-state index is 6.20. The van der Waals surface area contributed by atoms with E-state index in [2.05, 4.69) is 36.1 Å². The van der Waals surface area contributed by atoms with Crippen LogP contribution in [0.1, 0.15) is 32.3 Å². The average molecular weight is 279 g/mol. The van der Waals surface area contributed by atoms with Crippen LogP contribution >= 0.6 is 11.6 Å². The fourth-order valence-corrected chi connectivity index (χ4v) is 1.87. The number of rotatable bonds is 3. The van der Waals surface area contributed by atoms with Crippen LogP contribution in [-0.2, 0) is 6.54 Å². The zero-order valence-corrected chi connectivity index (χ0v) is 12.5. The molecule has 0 aliphatic rings. The lowest BCUT2D eigenvalue weighted by Gasteiger charge is -2.20. The number of imidazole rings is 1. The summed E-state index contributed by atoms with van der Waals surface area (Å²) in [5, 5.41) is 4.07. The number of nitrogens with one attached hydrogen (secondary N) is 1. The monoisotopic (exact) mass is 278 g/mol. The number of aryl methyl sites for hydroxylation is 1. The fourth-order valence-electron chi connectivity index (χ4n) is 1.70. The molecular weight excluding hydrogens is 260 g/mol. The van der Waals surface area contributed by atoms with Gasteiger partial charge >= 0.3 is 0 Å². The Labute approximate surface area is 118 Å². The van der Waals surface area contributed by atoms with E-state index in [0.29, 0.717) is 11.6 Å². The molecule has 0 amide bonds. The van der Waals surface area contributed by atoms with Crippen LogP contribution < -0.4 is 5.32 Å². The van der Waals surface area contributed by atoms with Gasteiger partial charge in [-0.2, -0.15) is 0 Å². The first kappa shape index (κ1) is 14.0. The number of halogens is 1. The Kier molecular flexibility index (Phi) is 3.92. The smallest absolute Gasteiger partial charge is 0.138 e. The zero-order chi connectivity index (χ0) is 14.0. The molecule has 0 aliphatic carbocycles. The lowest BCUT2D eigenvalue weighted by Crippen LogP contribution is -2.35. The summed E-state index contributed by atoms with van der Waals surface area (Å²) in [5.41, 5.74) is 0.883. The molecule has 0 aliphatic heterocycles. The Hall–Kier alpha value is -1.39. The molecule has 0 aromatic carbocycles. The van der Waals surface area contributed by atoms with Gasteiger partial charge in [0.25, 0.3) is 0 Å². The van der Waals surface area contributed by atoms with Crippen molar-refractivity contribution < 1.29 is 0 Å². The Morgan fingerprint density at radius 3 is 2.63 bits per heavy atom. The average Bonchev–Trinajstić information content (AvgIpc) is 2.73. The highest BCUT2D eigenvalue weighted by Crippen LogP contribution is 2.18. The SMILES string of the molecule is Cc1nccn1-c1ccc(Cl)c(CNC(C)(C)C)n1. The molecule has 2 aromatic heterocycles. The molecule has 1 N–H and O–H groups in total. The van der Waals surface area contributed by atoms with Gasteiger partial charge in [0.2, 0.25) is 0 Å². The number of pyridine rings is 1. The van der Waals surface area contributed by atoms with Gasteiger partial charge in [-0.25, -0.2) is 9.97 Å². The molecule has 0 saturated heterocycles. The van der Waals surface area contributed by atoms with E-state index in [4.69, 9.17) is 11.6 Å². The van der Waals surface area contributed by atoms with Crippen LogP contribution in [0.3, 0.4) is 0 Å². The second-order valence-electron chi connectivity index (χ2n) is 5.55. The Morgan fingerprint density at radius 1 is 1.32 bits per heavy atom. The molecular formula is C14H19ClN4. The quantitative estimate of drug-likeness (QED) is 0.938. The number of hydrogen-bond acceptors (Lipinski definition) is 3. The molecule has 0 bridgehead atoms. The lowest BCUT2D eigenvalue weighted by molar-refractivity contribution is 0.421. The number of hydrogen-bond donors (Lipinski definition) is 1. The van der Waals surface area contributed by atoms with E-state index >= 15 is 0 Å². The van der Waals surface area contributed by atoms with Crippen LogP contribution in [0.5, 0.6) is 0 Å². The van der Waals surface area contributed by atoms with E-state index in [1.807, 2.05) is 29.8 Å². The third-order valence-electron chi connectivity index (χ3n) is 2.76. The minimum Gasteiger partial charge on any atom is -0.306 e. The van der Waals surface area contributed by atoms with Crippen LogP contribution in [0.2, 0.25) is 5.02 Å². The Balaban J connectivity index is 2.28. The summed E-state index contributed by atoms with van der Waals surface area (Å²) in [6, 6.07) is 3.78. The zero-order valence-electron chi connectivity index (χ0n) is 11.7. The van der Waals surface area contributed by atoms with E-state index < -0.39 is 0 Å². The lowest BCUT2D eigenvalue weighted by atomic mass is 10.1. The maximum absolute atomic E-state index is 6.20. The summed E-state index contributed by atoms with van der Waals surface area (Å²) in [4.78, 5) is 8.81. The summed E-state index contributed by atoms with van der Waals surface area (Å²) in [6.07, 6.45) is 3.66. The normalized spacial score (nSPS) is 11.8. The molecule has 2 aromatic rings. The molecule has 0 spiro atoms. The minimum absolute atomic E-state index is 0.0337. The van der Waals surface area contributed by atoms with Gasteiger partial charge in [0.15, 0.2) is 0 Å². The number of aromatic nitrogens is 3. The minimum atomic E-state index is 0.0337. The summed E-state index contributed by atoms with van der Waals surface area (Å²) in [5.74, 6) is 1.75. The second kappa shape index (κ2) is 5.31.